The Balaban J connectivity index is 2.13. The first-order valence-corrected chi connectivity index (χ1v) is 6.38. The van der Waals surface area contributed by atoms with Crippen molar-refractivity contribution in [3.05, 3.63) is 42.2 Å². The standard InChI is InChI=1S/C15H19N3O/c1-11(2)16-8-12-9-17-15(18-10-12)13-5-4-6-14(7-13)19-3/h4-7,9-11,16H,8H2,1-3H3. The molecule has 0 aliphatic heterocycles. The molecule has 1 aromatic heterocycles. The summed E-state index contributed by atoms with van der Waals surface area (Å²) in [5.41, 5.74) is 2.04. The maximum Gasteiger partial charge on any atom is 0.159 e. The predicted octanol–water partition coefficient (Wildman–Crippen LogP) is 2.65. The van der Waals surface area contributed by atoms with E-state index in [1.54, 1.807) is 7.11 Å². The molecule has 0 fully saturated rings. The molecular weight excluding hydrogens is 238 g/mol. The third-order valence-corrected chi connectivity index (χ3v) is 2.75. The molecule has 2 rings (SSSR count). The van der Waals surface area contributed by atoms with Crippen molar-refractivity contribution in [2.45, 2.75) is 26.4 Å². The summed E-state index contributed by atoms with van der Waals surface area (Å²) in [5, 5.41) is 3.34. The average Bonchev–Trinajstić information content (AvgIpc) is 2.45. The third kappa shape index (κ3) is 3.76. The molecule has 0 amide bonds. The number of rotatable bonds is 5. The van der Waals surface area contributed by atoms with E-state index in [2.05, 4.69) is 29.1 Å². The van der Waals surface area contributed by atoms with Crippen molar-refractivity contribution < 1.29 is 4.74 Å². The largest absolute Gasteiger partial charge is 0.497 e. The first kappa shape index (κ1) is 13.5. The number of hydrogen-bond donors (Lipinski definition) is 1. The zero-order valence-corrected chi connectivity index (χ0v) is 11.6. The minimum atomic E-state index is 0.457. The molecule has 100 valence electrons. The van der Waals surface area contributed by atoms with Crippen LogP contribution in [0.15, 0.2) is 36.7 Å². The van der Waals surface area contributed by atoms with Gasteiger partial charge in [-0.25, -0.2) is 9.97 Å². The predicted molar refractivity (Wildman–Crippen MR) is 76.0 cm³/mol. The first-order chi connectivity index (χ1) is 9.19. The fourth-order valence-electron chi connectivity index (χ4n) is 1.68. The highest BCUT2D eigenvalue weighted by Gasteiger charge is 2.03. The third-order valence-electron chi connectivity index (χ3n) is 2.75. The number of benzene rings is 1. The molecule has 0 atom stereocenters. The Bertz CT molecular complexity index is 523. The zero-order valence-electron chi connectivity index (χ0n) is 11.6. The number of ether oxygens (including phenoxy) is 1. The minimum absolute atomic E-state index is 0.457. The Hall–Kier alpha value is -1.94. The molecule has 2 aromatic rings. The lowest BCUT2D eigenvalue weighted by molar-refractivity contribution is 0.415. The molecule has 19 heavy (non-hydrogen) atoms. The van der Waals surface area contributed by atoms with Crippen LogP contribution in [0.3, 0.4) is 0 Å². The fourth-order valence-corrected chi connectivity index (χ4v) is 1.68. The van der Waals surface area contributed by atoms with E-state index < -0.39 is 0 Å². The highest BCUT2D eigenvalue weighted by molar-refractivity contribution is 5.57. The van der Waals surface area contributed by atoms with E-state index in [1.165, 1.54) is 0 Å². The minimum Gasteiger partial charge on any atom is -0.497 e. The summed E-state index contributed by atoms with van der Waals surface area (Å²) in [4.78, 5) is 8.79. The summed E-state index contributed by atoms with van der Waals surface area (Å²) in [6.45, 7) is 5.02. The summed E-state index contributed by atoms with van der Waals surface area (Å²) in [6.07, 6.45) is 3.72. The van der Waals surface area contributed by atoms with Gasteiger partial charge in [-0.15, -0.1) is 0 Å². The van der Waals surface area contributed by atoms with E-state index in [1.807, 2.05) is 36.7 Å². The van der Waals surface area contributed by atoms with Crippen molar-refractivity contribution in [3.8, 4) is 17.1 Å². The van der Waals surface area contributed by atoms with Crippen molar-refractivity contribution in [2.75, 3.05) is 7.11 Å². The van der Waals surface area contributed by atoms with E-state index in [0.29, 0.717) is 11.9 Å². The second-order valence-electron chi connectivity index (χ2n) is 4.68. The van der Waals surface area contributed by atoms with Crippen molar-refractivity contribution in [1.82, 2.24) is 15.3 Å². The second kappa shape index (κ2) is 6.29. The fraction of sp³-hybridized carbons (Fsp3) is 0.333. The highest BCUT2D eigenvalue weighted by atomic mass is 16.5. The lowest BCUT2D eigenvalue weighted by atomic mass is 10.2. The summed E-state index contributed by atoms with van der Waals surface area (Å²) in [5.74, 6) is 1.53. The van der Waals surface area contributed by atoms with Gasteiger partial charge in [-0.05, 0) is 12.1 Å². The molecule has 1 aromatic carbocycles. The SMILES string of the molecule is COc1cccc(-c2ncc(CNC(C)C)cn2)c1. The molecule has 0 unspecified atom stereocenters. The van der Waals surface area contributed by atoms with E-state index in [0.717, 1.165) is 23.4 Å². The second-order valence-corrected chi connectivity index (χ2v) is 4.68. The van der Waals surface area contributed by atoms with Gasteiger partial charge in [0.05, 0.1) is 7.11 Å². The molecule has 0 radical (unpaired) electrons. The van der Waals surface area contributed by atoms with Crippen LogP contribution in [0.25, 0.3) is 11.4 Å². The van der Waals surface area contributed by atoms with Gasteiger partial charge in [-0.1, -0.05) is 26.0 Å². The zero-order chi connectivity index (χ0) is 13.7. The monoisotopic (exact) mass is 257 g/mol. The van der Waals surface area contributed by atoms with Gasteiger partial charge in [0, 0.05) is 36.1 Å². The molecule has 0 bridgehead atoms. The van der Waals surface area contributed by atoms with Crippen molar-refractivity contribution >= 4 is 0 Å². The topological polar surface area (TPSA) is 47.0 Å². The van der Waals surface area contributed by atoms with Crippen LogP contribution < -0.4 is 10.1 Å². The van der Waals surface area contributed by atoms with Crippen LogP contribution in [0.1, 0.15) is 19.4 Å². The van der Waals surface area contributed by atoms with Gasteiger partial charge in [0.25, 0.3) is 0 Å². The number of aromatic nitrogens is 2. The Morgan fingerprint density at radius 1 is 1.21 bits per heavy atom. The van der Waals surface area contributed by atoms with E-state index in [9.17, 15) is 0 Å². The number of nitrogens with zero attached hydrogens (tertiary/aromatic N) is 2. The van der Waals surface area contributed by atoms with Gasteiger partial charge in [0.1, 0.15) is 5.75 Å². The number of hydrogen-bond acceptors (Lipinski definition) is 4. The molecule has 4 nitrogen and oxygen atoms in total. The highest BCUT2D eigenvalue weighted by Crippen LogP contribution is 2.20. The molecule has 0 spiro atoms. The van der Waals surface area contributed by atoms with Crippen LogP contribution in [0.5, 0.6) is 5.75 Å². The number of methoxy groups -OCH3 is 1. The number of nitrogens with one attached hydrogen (secondary N) is 1. The van der Waals surface area contributed by atoms with Crippen LogP contribution >= 0.6 is 0 Å². The van der Waals surface area contributed by atoms with Gasteiger partial charge in [0.2, 0.25) is 0 Å². The molecule has 0 aliphatic carbocycles. The Morgan fingerprint density at radius 3 is 2.58 bits per heavy atom. The van der Waals surface area contributed by atoms with Gasteiger partial charge >= 0.3 is 0 Å². The Labute approximate surface area is 113 Å². The van der Waals surface area contributed by atoms with Crippen molar-refractivity contribution in [3.63, 3.8) is 0 Å². The van der Waals surface area contributed by atoms with Gasteiger partial charge in [-0.3, -0.25) is 0 Å². The quantitative estimate of drug-likeness (QED) is 0.894. The summed E-state index contributed by atoms with van der Waals surface area (Å²) in [7, 11) is 1.65. The lowest BCUT2D eigenvalue weighted by Gasteiger charge is -2.08. The Kier molecular flexibility index (Phi) is 4.47. The molecule has 4 heteroatoms. The van der Waals surface area contributed by atoms with Gasteiger partial charge in [-0.2, -0.15) is 0 Å². The summed E-state index contributed by atoms with van der Waals surface area (Å²) in [6, 6.07) is 8.21. The van der Waals surface area contributed by atoms with Crippen molar-refractivity contribution in [2.24, 2.45) is 0 Å². The van der Waals surface area contributed by atoms with Crippen LogP contribution in [0.2, 0.25) is 0 Å². The van der Waals surface area contributed by atoms with Crippen LogP contribution in [-0.4, -0.2) is 23.1 Å². The lowest BCUT2D eigenvalue weighted by Crippen LogP contribution is -2.21. The van der Waals surface area contributed by atoms with Gasteiger partial charge < -0.3 is 10.1 Å². The maximum absolute atomic E-state index is 5.20. The maximum atomic E-state index is 5.20. The molecular formula is C15H19N3O. The van der Waals surface area contributed by atoms with E-state index >= 15 is 0 Å². The van der Waals surface area contributed by atoms with Gasteiger partial charge in [0.15, 0.2) is 5.82 Å². The molecule has 0 aliphatic rings. The summed E-state index contributed by atoms with van der Waals surface area (Å²) >= 11 is 0. The summed E-state index contributed by atoms with van der Waals surface area (Å²) < 4.78 is 5.20. The Morgan fingerprint density at radius 2 is 1.95 bits per heavy atom. The molecule has 1 heterocycles. The normalized spacial score (nSPS) is 10.7. The van der Waals surface area contributed by atoms with Crippen molar-refractivity contribution in [1.29, 1.82) is 0 Å². The molecule has 0 saturated carbocycles. The van der Waals surface area contributed by atoms with E-state index in [4.69, 9.17) is 4.74 Å². The smallest absolute Gasteiger partial charge is 0.159 e. The van der Waals surface area contributed by atoms with E-state index in [-0.39, 0.29) is 0 Å². The first-order valence-electron chi connectivity index (χ1n) is 6.38. The van der Waals surface area contributed by atoms with Crippen LogP contribution in [0, 0.1) is 0 Å². The average molecular weight is 257 g/mol. The van der Waals surface area contributed by atoms with Crippen LogP contribution in [-0.2, 0) is 6.54 Å². The molecule has 1 N–H and O–H groups in total. The van der Waals surface area contributed by atoms with Crippen LogP contribution in [0.4, 0.5) is 0 Å². The molecule has 0 saturated heterocycles.